The quantitative estimate of drug-likeness (QED) is 0.843. The fourth-order valence-corrected chi connectivity index (χ4v) is 1.87. The van der Waals surface area contributed by atoms with Gasteiger partial charge in [-0.3, -0.25) is 0 Å². The standard InChI is InChI=1S/C12H10N2O2S/c1-17-9-4-2-8(3-5-9)11-10(12(15)16)6-13-7-14-11/h2-7H,1H3,(H,15,16). The van der Waals surface area contributed by atoms with Crippen molar-refractivity contribution in [2.75, 3.05) is 6.26 Å². The first kappa shape index (κ1) is 11.6. The Morgan fingerprint density at radius 1 is 1.29 bits per heavy atom. The zero-order valence-corrected chi connectivity index (χ0v) is 9.94. The minimum Gasteiger partial charge on any atom is -0.478 e. The fourth-order valence-electron chi connectivity index (χ4n) is 1.47. The van der Waals surface area contributed by atoms with Gasteiger partial charge < -0.3 is 5.11 Å². The number of thioether (sulfide) groups is 1. The van der Waals surface area contributed by atoms with Crippen LogP contribution in [0.15, 0.2) is 41.7 Å². The van der Waals surface area contributed by atoms with E-state index in [2.05, 4.69) is 9.97 Å². The minimum atomic E-state index is -1.02. The molecular formula is C12H10N2O2S. The lowest BCUT2D eigenvalue weighted by molar-refractivity contribution is 0.0697. The van der Waals surface area contributed by atoms with Crippen molar-refractivity contribution in [2.45, 2.75) is 4.90 Å². The molecule has 1 N–H and O–H groups in total. The van der Waals surface area contributed by atoms with Crippen molar-refractivity contribution in [1.82, 2.24) is 9.97 Å². The van der Waals surface area contributed by atoms with E-state index in [1.165, 1.54) is 12.5 Å². The Labute approximate surface area is 103 Å². The summed E-state index contributed by atoms with van der Waals surface area (Å²) < 4.78 is 0. The maximum atomic E-state index is 11.0. The van der Waals surface area contributed by atoms with Crippen molar-refractivity contribution in [1.29, 1.82) is 0 Å². The fraction of sp³-hybridized carbons (Fsp3) is 0.0833. The monoisotopic (exact) mass is 246 g/mol. The van der Waals surface area contributed by atoms with E-state index in [1.54, 1.807) is 11.8 Å². The predicted molar refractivity (Wildman–Crippen MR) is 66.2 cm³/mol. The molecule has 0 saturated carbocycles. The van der Waals surface area contributed by atoms with E-state index in [4.69, 9.17) is 5.11 Å². The topological polar surface area (TPSA) is 63.1 Å². The molecule has 4 nitrogen and oxygen atoms in total. The van der Waals surface area contributed by atoms with Crippen LogP contribution in [0.25, 0.3) is 11.3 Å². The van der Waals surface area contributed by atoms with Gasteiger partial charge in [-0.2, -0.15) is 0 Å². The van der Waals surface area contributed by atoms with Gasteiger partial charge in [0.25, 0.3) is 0 Å². The van der Waals surface area contributed by atoms with Crippen molar-refractivity contribution in [2.24, 2.45) is 0 Å². The Morgan fingerprint density at radius 2 is 2.00 bits per heavy atom. The molecule has 1 aromatic heterocycles. The molecule has 2 rings (SSSR count). The largest absolute Gasteiger partial charge is 0.478 e. The van der Waals surface area contributed by atoms with Crippen LogP contribution in [0.2, 0.25) is 0 Å². The molecule has 2 aromatic rings. The second-order valence-corrected chi connectivity index (χ2v) is 4.20. The maximum Gasteiger partial charge on any atom is 0.339 e. The van der Waals surface area contributed by atoms with Crippen molar-refractivity contribution in [3.8, 4) is 11.3 Å². The Kier molecular flexibility index (Phi) is 3.39. The lowest BCUT2D eigenvalue weighted by Crippen LogP contribution is -2.02. The molecule has 0 atom stereocenters. The molecule has 1 aromatic carbocycles. The Morgan fingerprint density at radius 3 is 2.59 bits per heavy atom. The van der Waals surface area contributed by atoms with E-state index in [1.807, 2.05) is 30.5 Å². The highest BCUT2D eigenvalue weighted by Crippen LogP contribution is 2.23. The molecule has 0 aliphatic heterocycles. The van der Waals surface area contributed by atoms with Gasteiger partial charge in [-0.1, -0.05) is 12.1 Å². The van der Waals surface area contributed by atoms with E-state index in [0.29, 0.717) is 5.69 Å². The first-order valence-corrected chi connectivity index (χ1v) is 6.12. The molecule has 5 heteroatoms. The van der Waals surface area contributed by atoms with Gasteiger partial charge in [0, 0.05) is 16.7 Å². The minimum absolute atomic E-state index is 0.115. The third-order valence-corrected chi connectivity index (χ3v) is 3.05. The number of benzene rings is 1. The molecule has 0 saturated heterocycles. The number of aromatic nitrogens is 2. The molecular weight excluding hydrogens is 236 g/mol. The Balaban J connectivity index is 2.48. The summed E-state index contributed by atoms with van der Waals surface area (Å²) in [5.41, 5.74) is 1.34. The average Bonchev–Trinajstić information content (AvgIpc) is 2.39. The molecule has 0 aliphatic rings. The zero-order chi connectivity index (χ0) is 12.3. The van der Waals surface area contributed by atoms with Crippen LogP contribution in [0.1, 0.15) is 10.4 Å². The number of aromatic carboxylic acids is 1. The van der Waals surface area contributed by atoms with E-state index in [9.17, 15) is 4.79 Å². The lowest BCUT2D eigenvalue weighted by Gasteiger charge is -2.04. The van der Waals surface area contributed by atoms with E-state index < -0.39 is 5.97 Å². The van der Waals surface area contributed by atoms with Crippen molar-refractivity contribution in [3.05, 3.63) is 42.4 Å². The van der Waals surface area contributed by atoms with Crippen LogP contribution in [0.5, 0.6) is 0 Å². The van der Waals surface area contributed by atoms with Gasteiger partial charge in [-0.05, 0) is 18.4 Å². The van der Waals surface area contributed by atoms with E-state index in [-0.39, 0.29) is 5.56 Å². The van der Waals surface area contributed by atoms with Crippen LogP contribution in [-0.4, -0.2) is 27.3 Å². The van der Waals surface area contributed by atoms with Crippen LogP contribution in [0.3, 0.4) is 0 Å². The van der Waals surface area contributed by atoms with Gasteiger partial charge in [-0.25, -0.2) is 14.8 Å². The summed E-state index contributed by atoms with van der Waals surface area (Å²) in [4.78, 5) is 19.9. The Bertz CT molecular complexity index is 540. The second kappa shape index (κ2) is 4.97. The highest BCUT2D eigenvalue weighted by atomic mass is 32.2. The molecule has 0 fully saturated rings. The summed E-state index contributed by atoms with van der Waals surface area (Å²) >= 11 is 1.63. The predicted octanol–water partition coefficient (Wildman–Crippen LogP) is 2.56. The number of nitrogens with zero attached hydrogens (tertiary/aromatic N) is 2. The molecule has 0 radical (unpaired) electrons. The third-order valence-electron chi connectivity index (χ3n) is 2.31. The van der Waals surface area contributed by atoms with Gasteiger partial charge in [0.2, 0.25) is 0 Å². The molecule has 0 spiro atoms. The van der Waals surface area contributed by atoms with E-state index >= 15 is 0 Å². The SMILES string of the molecule is CSc1ccc(-c2ncncc2C(=O)O)cc1. The van der Waals surface area contributed by atoms with Crippen LogP contribution < -0.4 is 0 Å². The number of carbonyl (C=O) groups is 1. The smallest absolute Gasteiger partial charge is 0.339 e. The van der Waals surface area contributed by atoms with Crippen LogP contribution >= 0.6 is 11.8 Å². The molecule has 1 heterocycles. The van der Waals surface area contributed by atoms with Crippen molar-refractivity contribution < 1.29 is 9.90 Å². The van der Waals surface area contributed by atoms with E-state index in [0.717, 1.165) is 10.5 Å². The van der Waals surface area contributed by atoms with Gasteiger partial charge in [-0.15, -0.1) is 11.8 Å². The zero-order valence-electron chi connectivity index (χ0n) is 9.12. The highest BCUT2D eigenvalue weighted by molar-refractivity contribution is 7.98. The Hall–Kier alpha value is -1.88. The number of carboxylic acids is 1. The molecule has 86 valence electrons. The number of hydrogen-bond donors (Lipinski definition) is 1. The number of hydrogen-bond acceptors (Lipinski definition) is 4. The van der Waals surface area contributed by atoms with Gasteiger partial charge >= 0.3 is 5.97 Å². The number of rotatable bonds is 3. The van der Waals surface area contributed by atoms with Crippen LogP contribution in [0.4, 0.5) is 0 Å². The summed E-state index contributed by atoms with van der Waals surface area (Å²) in [5, 5.41) is 9.04. The normalized spacial score (nSPS) is 10.2. The van der Waals surface area contributed by atoms with Crippen LogP contribution in [-0.2, 0) is 0 Å². The van der Waals surface area contributed by atoms with Crippen LogP contribution in [0, 0.1) is 0 Å². The molecule has 0 amide bonds. The molecule has 0 unspecified atom stereocenters. The maximum absolute atomic E-state index is 11.0. The average molecular weight is 246 g/mol. The molecule has 0 aliphatic carbocycles. The summed E-state index contributed by atoms with van der Waals surface area (Å²) in [5.74, 6) is -1.02. The summed E-state index contributed by atoms with van der Waals surface area (Å²) in [7, 11) is 0. The summed E-state index contributed by atoms with van der Waals surface area (Å²) in [6, 6.07) is 7.60. The first-order valence-electron chi connectivity index (χ1n) is 4.90. The first-order chi connectivity index (χ1) is 8.22. The van der Waals surface area contributed by atoms with Gasteiger partial charge in [0.1, 0.15) is 11.9 Å². The summed E-state index contributed by atoms with van der Waals surface area (Å²) in [6.07, 6.45) is 4.65. The van der Waals surface area contributed by atoms with Crippen molar-refractivity contribution in [3.63, 3.8) is 0 Å². The lowest BCUT2D eigenvalue weighted by atomic mass is 10.1. The summed E-state index contributed by atoms with van der Waals surface area (Å²) in [6.45, 7) is 0. The van der Waals surface area contributed by atoms with Crippen molar-refractivity contribution >= 4 is 17.7 Å². The van der Waals surface area contributed by atoms with Gasteiger partial charge in [0.15, 0.2) is 0 Å². The van der Waals surface area contributed by atoms with Gasteiger partial charge in [0.05, 0.1) is 5.69 Å². The highest BCUT2D eigenvalue weighted by Gasteiger charge is 2.12. The third kappa shape index (κ3) is 2.45. The molecule has 17 heavy (non-hydrogen) atoms. The molecule has 0 bridgehead atoms. The number of carboxylic acid groups (broad SMARTS) is 1. The second-order valence-electron chi connectivity index (χ2n) is 3.32.